The second kappa shape index (κ2) is 7.61. The van der Waals surface area contributed by atoms with Crippen molar-refractivity contribution in [2.75, 3.05) is 6.54 Å². The van der Waals surface area contributed by atoms with Crippen LogP contribution in [0.4, 0.5) is 0 Å². The molecule has 3 nitrogen and oxygen atoms in total. The molecule has 0 saturated carbocycles. The van der Waals surface area contributed by atoms with Gasteiger partial charge in [0.05, 0.1) is 5.69 Å². The first-order chi connectivity index (χ1) is 10.0. The second-order valence-electron chi connectivity index (χ2n) is 5.07. The second-order valence-corrected chi connectivity index (χ2v) is 6.67. The molecule has 0 radical (unpaired) electrons. The quantitative estimate of drug-likeness (QED) is 0.708. The Morgan fingerprint density at radius 1 is 1.33 bits per heavy atom. The molecule has 2 rings (SSSR count). The van der Waals surface area contributed by atoms with E-state index in [9.17, 15) is 0 Å². The molecule has 1 heterocycles. The van der Waals surface area contributed by atoms with Gasteiger partial charge in [0.25, 0.3) is 0 Å². The van der Waals surface area contributed by atoms with Crippen LogP contribution in [0.2, 0.25) is 5.02 Å². The predicted octanol–water partition coefficient (Wildman–Crippen LogP) is 4.36. The SMILES string of the molecule is CCNC(Cc1cc(C)nn1CC)c1cc(Cl)ccc1I. The fraction of sp³-hybridized carbons (Fsp3) is 0.438. The van der Waals surface area contributed by atoms with E-state index in [4.69, 9.17) is 11.6 Å². The van der Waals surface area contributed by atoms with Gasteiger partial charge in [-0.3, -0.25) is 4.68 Å². The third kappa shape index (κ3) is 4.20. The molecule has 1 unspecified atom stereocenters. The van der Waals surface area contributed by atoms with E-state index >= 15 is 0 Å². The first-order valence-corrected chi connectivity index (χ1v) is 8.72. The van der Waals surface area contributed by atoms with Crippen LogP contribution in [0.3, 0.4) is 0 Å². The van der Waals surface area contributed by atoms with E-state index in [1.54, 1.807) is 0 Å². The summed E-state index contributed by atoms with van der Waals surface area (Å²) in [6.07, 6.45) is 0.916. The van der Waals surface area contributed by atoms with Crippen molar-refractivity contribution in [3.63, 3.8) is 0 Å². The monoisotopic (exact) mass is 417 g/mol. The van der Waals surface area contributed by atoms with Gasteiger partial charge in [0.15, 0.2) is 0 Å². The van der Waals surface area contributed by atoms with E-state index in [0.29, 0.717) is 0 Å². The minimum Gasteiger partial charge on any atom is -0.310 e. The number of nitrogens with one attached hydrogen (secondary N) is 1. The summed E-state index contributed by atoms with van der Waals surface area (Å²) in [6.45, 7) is 8.12. The van der Waals surface area contributed by atoms with Gasteiger partial charge in [-0.25, -0.2) is 0 Å². The Hall–Kier alpha value is -0.590. The zero-order valence-electron chi connectivity index (χ0n) is 12.7. The Morgan fingerprint density at radius 3 is 2.76 bits per heavy atom. The van der Waals surface area contributed by atoms with Crippen molar-refractivity contribution in [1.29, 1.82) is 0 Å². The highest BCUT2D eigenvalue weighted by Gasteiger charge is 2.17. The molecule has 0 spiro atoms. The fourth-order valence-corrected chi connectivity index (χ4v) is 3.46. The Morgan fingerprint density at radius 2 is 2.10 bits per heavy atom. The van der Waals surface area contributed by atoms with Crippen LogP contribution in [0.1, 0.15) is 36.8 Å². The first-order valence-electron chi connectivity index (χ1n) is 7.26. The smallest absolute Gasteiger partial charge is 0.0596 e. The van der Waals surface area contributed by atoms with Gasteiger partial charge in [0, 0.05) is 33.3 Å². The zero-order valence-corrected chi connectivity index (χ0v) is 15.6. The van der Waals surface area contributed by atoms with Gasteiger partial charge in [0.1, 0.15) is 0 Å². The van der Waals surface area contributed by atoms with Crippen LogP contribution in [0.15, 0.2) is 24.3 Å². The van der Waals surface area contributed by atoms with Crippen molar-refractivity contribution in [2.24, 2.45) is 0 Å². The van der Waals surface area contributed by atoms with Gasteiger partial charge in [-0.1, -0.05) is 18.5 Å². The number of rotatable bonds is 6. The van der Waals surface area contributed by atoms with Crippen LogP contribution in [-0.2, 0) is 13.0 Å². The van der Waals surface area contributed by atoms with Gasteiger partial charge in [-0.15, -0.1) is 0 Å². The van der Waals surface area contributed by atoms with Crippen molar-refractivity contribution >= 4 is 34.2 Å². The van der Waals surface area contributed by atoms with Crippen molar-refractivity contribution in [3.05, 3.63) is 49.8 Å². The first kappa shape index (κ1) is 16.8. The fourth-order valence-electron chi connectivity index (χ4n) is 2.57. The highest BCUT2D eigenvalue weighted by Crippen LogP contribution is 2.26. The highest BCUT2D eigenvalue weighted by molar-refractivity contribution is 14.1. The minimum absolute atomic E-state index is 0.252. The molecule has 0 amide bonds. The molecule has 0 bridgehead atoms. The number of halogens is 2. The van der Waals surface area contributed by atoms with Gasteiger partial charge >= 0.3 is 0 Å². The average Bonchev–Trinajstić information content (AvgIpc) is 2.81. The van der Waals surface area contributed by atoms with Gasteiger partial charge in [-0.2, -0.15) is 5.10 Å². The maximum absolute atomic E-state index is 6.18. The van der Waals surface area contributed by atoms with Crippen LogP contribution < -0.4 is 5.32 Å². The summed E-state index contributed by atoms with van der Waals surface area (Å²) in [5, 5.41) is 8.89. The molecule has 0 aliphatic carbocycles. The van der Waals surface area contributed by atoms with Crippen molar-refractivity contribution in [2.45, 2.75) is 39.8 Å². The third-order valence-electron chi connectivity index (χ3n) is 3.48. The topological polar surface area (TPSA) is 29.9 Å². The molecule has 0 fully saturated rings. The molecule has 0 saturated heterocycles. The van der Waals surface area contributed by atoms with Crippen molar-refractivity contribution < 1.29 is 0 Å². The van der Waals surface area contributed by atoms with E-state index in [1.165, 1.54) is 14.8 Å². The number of likely N-dealkylation sites (N-methyl/N-ethyl adjacent to an activating group) is 1. The van der Waals surface area contributed by atoms with E-state index < -0.39 is 0 Å². The lowest BCUT2D eigenvalue weighted by Gasteiger charge is -2.20. The summed E-state index contributed by atoms with van der Waals surface area (Å²) in [4.78, 5) is 0. The van der Waals surface area contributed by atoms with E-state index in [2.05, 4.69) is 69.7 Å². The molecule has 114 valence electrons. The van der Waals surface area contributed by atoms with Crippen LogP contribution >= 0.6 is 34.2 Å². The summed E-state index contributed by atoms with van der Waals surface area (Å²) < 4.78 is 3.32. The van der Waals surface area contributed by atoms with Crippen molar-refractivity contribution in [1.82, 2.24) is 15.1 Å². The molecule has 21 heavy (non-hydrogen) atoms. The Bertz CT molecular complexity index is 610. The van der Waals surface area contributed by atoms with Gasteiger partial charge in [0.2, 0.25) is 0 Å². The Labute approximate surface area is 145 Å². The largest absolute Gasteiger partial charge is 0.310 e. The molecule has 5 heteroatoms. The molecule has 2 aromatic rings. The van der Waals surface area contributed by atoms with Crippen LogP contribution in [-0.4, -0.2) is 16.3 Å². The Balaban J connectivity index is 2.32. The van der Waals surface area contributed by atoms with E-state index in [1.807, 2.05) is 13.0 Å². The summed E-state index contributed by atoms with van der Waals surface area (Å²) in [5.74, 6) is 0. The standard InChI is InChI=1S/C16H21ClIN3/c1-4-19-16(14-9-12(17)6-7-15(14)18)10-13-8-11(3)20-21(13)5-2/h6-9,16,19H,4-5,10H2,1-3H3. The van der Waals surface area contributed by atoms with E-state index in [-0.39, 0.29) is 6.04 Å². The van der Waals surface area contributed by atoms with Crippen LogP contribution in [0.5, 0.6) is 0 Å². The lowest BCUT2D eigenvalue weighted by atomic mass is 10.0. The maximum Gasteiger partial charge on any atom is 0.0596 e. The number of benzene rings is 1. The predicted molar refractivity (Wildman–Crippen MR) is 96.9 cm³/mol. The molecule has 1 aromatic heterocycles. The summed E-state index contributed by atoms with van der Waals surface area (Å²) in [7, 11) is 0. The average molecular weight is 418 g/mol. The third-order valence-corrected chi connectivity index (χ3v) is 4.70. The number of hydrogen-bond acceptors (Lipinski definition) is 2. The summed E-state index contributed by atoms with van der Waals surface area (Å²) in [6, 6.07) is 8.50. The van der Waals surface area contributed by atoms with Gasteiger partial charge in [-0.05, 0) is 72.8 Å². The molecule has 1 atom stereocenters. The number of aromatic nitrogens is 2. The van der Waals surface area contributed by atoms with Crippen molar-refractivity contribution in [3.8, 4) is 0 Å². The highest BCUT2D eigenvalue weighted by atomic mass is 127. The zero-order chi connectivity index (χ0) is 15.4. The molecular formula is C16H21ClIN3. The molecular weight excluding hydrogens is 397 g/mol. The maximum atomic E-state index is 6.18. The molecule has 1 N–H and O–H groups in total. The normalized spacial score (nSPS) is 12.6. The lowest BCUT2D eigenvalue weighted by molar-refractivity contribution is 0.514. The Kier molecular flexibility index (Phi) is 6.08. The number of nitrogens with zero attached hydrogens (tertiary/aromatic N) is 2. The molecule has 0 aliphatic rings. The van der Waals surface area contributed by atoms with E-state index in [0.717, 1.165) is 30.2 Å². The van der Waals surface area contributed by atoms with Crippen LogP contribution in [0, 0.1) is 10.5 Å². The summed E-state index contributed by atoms with van der Waals surface area (Å²) >= 11 is 8.55. The lowest BCUT2D eigenvalue weighted by Crippen LogP contribution is -2.25. The molecule has 1 aromatic carbocycles. The molecule has 0 aliphatic heterocycles. The summed E-state index contributed by atoms with van der Waals surface area (Å²) in [5.41, 5.74) is 3.59. The number of aryl methyl sites for hydroxylation is 2. The minimum atomic E-state index is 0.252. The number of hydrogen-bond donors (Lipinski definition) is 1. The van der Waals surface area contributed by atoms with Crippen LogP contribution in [0.25, 0.3) is 0 Å². The van der Waals surface area contributed by atoms with Gasteiger partial charge < -0.3 is 5.32 Å².